The van der Waals surface area contributed by atoms with Crippen LogP contribution in [0.1, 0.15) is 35.6 Å². The quantitative estimate of drug-likeness (QED) is 0.768. The number of aryl methyl sites for hydroxylation is 1. The molecule has 0 aliphatic carbocycles. The van der Waals surface area contributed by atoms with Crippen molar-refractivity contribution >= 4 is 5.78 Å². The van der Waals surface area contributed by atoms with Gasteiger partial charge in [0, 0.05) is 19.6 Å². The third-order valence-corrected chi connectivity index (χ3v) is 3.55. The monoisotopic (exact) mass is 290 g/mol. The fourth-order valence-corrected chi connectivity index (χ4v) is 2.27. The molecule has 0 bridgehead atoms. The van der Waals surface area contributed by atoms with Crippen LogP contribution in [-0.4, -0.2) is 50.8 Å². The Labute approximate surface area is 122 Å². The minimum absolute atomic E-state index is 0.212. The van der Waals surface area contributed by atoms with Gasteiger partial charge in [-0.15, -0.1) is 5.10 Å². The molecule has 0 spiro atoms. The number of nitrogens with zero attached hydrogens (tertiary/aromatic N) is 5. The van der Waals surface area contributed by atoms with Crippen molar-refractivity contribution in [3.8, 4) is 5.75 Å². The molecule has 0 radical (unpaired) electrons. The molecule has 0 atom stereocenters. The lowest BCUT2D eigenvalue weighted by Gasteiger charge is -2.26. The normalized spacial score (nSPS) is 15.0. The summed E-state index contributed by atoms with van der Waals surface area (Å²) in [7, 11) is 1.53. The summed E-state index contributed by atoms with van der Waals surface area (Å²) >= 11 is 0. The number of ketones is 1. The maximum atomic E-state index is 12.7. The number of rotatable bonds is 6. The van der Waals surface area contributed by atoms with Crippen LogP contribution in [0.3, 0.4) is 0 Å². The number of aromatic nitrogens is 5. The molecule has 1 N–H and O–H groups in total. The molecule has 112 valence electrons. The summed E-state index contributed by atoms with van der Waals surface area (Å²) in [4.78, 5) is 12.7. The zero-order chi connectivity index (χ0) is 14.8. The highest BCUT2D eigenvalue weighted by Crippen LogP contribution is 2.21. The van der Waals surface area contributed by atoms with Gasteiger partial charge in [0.15, 0.2) is 17.1 Å². The lowest BCUT2D eigenvalue weighted by Crippen LogP contribution is -2.43. The number of hydrogen-bond acceptors (Lipinski definition) is 6. The van der Waals surface area contributed by atoms with Crippen molar-refractivity contribution in [2.75, 3.05) is 20.2 Å². The number of nitrogens with one attached hydrogen (secondary N) is 1. The summed E-state index contributed by atoms with van der Waals surface area (Å²) in [5.41, 5.74) is 0.746. The van der Waals surface area contributed by atoms with Crippen molar-refractivity contribution in [2.45, 2.75) is 25.9 Å². The number of ether oxygens (including phenoxy) is 1. The van der Waals surface area contributed by atoms with Gasteiger partial charge < -0.3 is 10.1 Å². The Balaban J connectivity index is 1.90. The maximum Gasteiger partial charge on any atom is 0.236 e. The summed E-state index contributed by atoms with van der Waals surface area (Å²) in [5, 5.41) is 15.4. The van der Waals surface area contributed by atoms with Gasteiger partial charge in [0.25, 0.3) is 0 Å². The Morgan fingerprint density at radius 1 is 1.52 bits per heavy atom. The lowest BCUT2D eigenvalue weighted by molar-refractivity contribution is 0.102. The van der Waals surface area contributed by atoms with E-state index in [1.165, 1.54) is 7.11 Å². The molecule has 1 aliphatic heterocycles. The van der Waals surface area contributed by atoms with Gasteiger partial charge in [0.05, 0.1) is 25.5 Å². The summed E-state index contributed by atoms with van der Waals surface area (Å²) < 4.78 is 8.62. The molecule has 3 rings (SSSR count). The van der Waals surface area contributed by atoms with Crippen LogP contribution in [0.2, 0.25) is 0 Å². The molecule has 0 saturated carbocycles. The van der Waals surface area contributed by atoms with Crippen molar-refractivity contribution in [1.29, 1.82) is 0 Å². The molecular weight excluding hydrogens is 272 g/mol. The summed E-state index contributed by atoms with van der Waals surface area (Å²) in [6, 6.07) is 0.279. The van der Waals surface area contributed by atoms with Crippen LogP contribution in [-0.2, 0) is 6.54 Å². The third-order valence-electron chi connectivity index (χ3n) is 3.55. The number of carbonyl (C=O) groups excluding carboxylic acids is 1. The third kappa shape index (κ3) is 2.42. The topological polar surface area (TPSA) is 86.9 Å². The second-order valence-electron chi connectivity index (χ2n) is 5.01. The Morgan fingerprint density at radius 3 is 2.95 bits per heavy atom. The first-order valence-electron chi connectivity index (χ1n) is 7.01. The Bertz CT molecular complexity index is 643. The van der Waals surface area contributed by atoms with Crippen LogP contribution in [0.4, 0.5) is 0 Å². The zero-order valence-corrected chi connectivity index (χ0v) is 12.1. The van der Waals surface area contributed by atoms with E-state index in [1.807, 2.05) is 6.92 Å². The van der Waals surface area contributed by atoms with Gasteiger partial charge in [-0.2, -0.15) is 5.10 Å². The standard InChI is InChI=1S/C13H18N6O2/c1-3-4-18-12(11(21-2)7-15-18)13(20)10-8-19(17-16-10)9-5-14-6-9/h7-9,14H,3-6H2,1-2H3. The first-order chi connectivity index (χ1) is 10.2. The van der Waals surface area contributed by atoms with Gasteiger partial charge in [-0.3, -0.25) is 9.48 Å². The summed E-state index contributed by atoms with van der Waals surface area (Å²) in [5.74, 6) is 0.254. The SMILES string of the molecule is CCCn1ncc(OC)c1C(=O)c1cn(C2CNC2)nn1. The largest absolute Gasteiger partial charge is 0.493 e. The van der Waals surface area contributed by atoms with Crippen LogP contribution in [0.5, 0.6) is 5.75 Å². The van der Waals surface area contributed by atoms with E-state index < -0.39 is 0 Å². The highest BCUT2D eigenvalue weighted by Gasteiger charge is 2.26. The van der Waals surface area contributed by atoms with Crippen molar-refractivity contribution in [3.63, 3.8) is 0 Å². The minimum atomic E-state index is -0.212. The first kappa shape index (κ1) is 13.7. The molecule has 2 aromatic rings. The van der Waals surface area contributed by atoms with E-state index >= 15 is 0 Å². The van der Waals surface area contributed by atoms with Gasteiger partial charge in [-0.25, -0.2) is 4.68 Å². The molecule has 21 heavy (non-hydrogen) atoms. The minimum Gasteiger partial charge on any atom is -0.493 e. The molecule has 8 heteroatoms. The van der Waals surface area contributed by atoms with Crippen LogP contribution in [0.25, 0.3) is 0 Å². The molecule has 0 aromatic carbocycles. The van der Waals surface area contributed by atoms with E-state index in [2.05, 4.69) is 20.7 Å². The zero-order valence-electron chi connectivity index (χ0n) is 12.1. The molecule has 1 aliphatic rings. The van der Waals surface area contributed by atoms with Crippen molar-refractivity contribution < 1.29 is 9.53 Å². The molecule has 3 heterocycles. The number of carbonyl (C=O) groups is 1. The van der Waals surface area contributed by atoms with E-state index in [4.69, 9.17) is 4.74 Å². The van der Waals surface area contributed by atoms with Crippen molar-refractivity contribution in [2.24, 2.45) is 0 Å². The molecule has 0 amide bonds. The Kier molecular flexibility index (Phi) is 3.70. The van der Waals surface area contributed by atoms with Gasteiger partial charge in [-0.1, -0.05) is 12.1 Å². The van der Waals surface area contributed by atoms with E-state index in [1.54, 1.807) is 21.8 Å². The maximum absolute atomic E-state index is 12.7. The van der Waals surface area contributed by atoms with Crippen LogP contribution in [0, 0.1) is 0 Å². The van der Waals surface area contributed by atoms with Crippen LogP contribution >= 0.6 is 0 Å². The predicted octanol–water partition coefficient (Wildman–Crippen LogP) is 0.268. The second kappa shape index (κ2) is 5.65. The first-order valence-corrected chi connectivity index (χ1v) is 7.01. The molecule has 8 nitrogen and oxygen atoms in total. The Hall–Kier alpha value is -2.22. The van der Waals surface area contributed by atoms with E-state index in [9.17, 15) is 4.79 Å². The molecule has 2 aromatic heterocycles. The van der Waals surface area contributed by atoms with Crippen LogP contribution < -0.4 is 10.1 Å². The van der Waals surface area contributed by atoms with E-state index in [0.717, 1.165) is 19.5 Å². The summed E-state index contributed by atoms with van der Waals surface area (Å²) in [6.45, 7) is 4.40. The average Bonchev–Trinajstić information content (AvgIpc) is 3.03. The molecule has 1 fully saturated rings. The van der Waals surface area contributed by atoms with Gasteiger partial charge in [0.1, 0.15) is 0 Å². The van der Waals surface area contributed by atoms with Crippen molar-refractivity contribution in [1.82, 2.24) is 30.1 Å². The number of hydrogen-bond donors (Lipinski definition) is 1. The summed E-state index contributed by atoms with van der Waals surface area (Å²) in [6.07, 6.45) is 4.13. The van der Waals surface area contributed by atoms with Gasteiger partial charge in [-0.05, 0) is 6.42 Å². The predicted molar refractivity (Wildman–Crippen MR) is 74.4 cm³/mol. The van der Waals surface area contributed by atoms with E-state index in [-0.39, 0.29) is 11.8 Å². The fraction of sp³-hybridized carbons (Fsp3) is 0.538. The number of methoxy groups -OCH3 is 1. The smallest absolute Gasteiger partial charge is 0.236 e. The average molecular weight is 290 g/mol. The van der Waals surface area contributed by atoms with Crippen LogP contribution in [0.15, 0.2) is 12.4 Å². The molecular formula is C13H18N6O2. The lowest BCUT2D eigenvalue weighted by atomic mass is 10.2. The van der Waals surface area contributed by atoms with E-state index in [0.29, 0.717) is 23.7 Å². The van der Waals surface area contributed by atoms with Gasteiger partial charge >= 0.3 is 0 Å². The highest BCUT2D eigenvalue weighted by molar-refractivity contribution is 6.08. The fourth-order valence-electron chi connectivity index (χ4n) is 2.27. The molecule has 0 unspecified atom stereocenters. The van der Waals surface area contributed by atoms with Crippen molar-refractivity contribution in [3.05, 3.63) is 23.8 Å². The van der Waals surface area contributed by atoms with Gasteiger partial charge in [0.2, 0.25) is 5.78 Å². The molecule has 1 saturated heterocycles. The highest BCUT2D eigenvalue weighted by atomic mass is 16.5. The second-order valence-corrected chi connectivity index (χ2v) is 5.01. The Morgan fingerprint density at radius 2 is 2.33 bits per heavy atom.